The van der Waals surface area contributed by atoms with Crippen molar-refractivity contribution in [3.8, 4) is 0 Å². The highest BCUT2D eigenvalue weighted by molar-refractivity contribution is 6.32. The van der Waals surface area contributed by atoms with Gasteiger partial charge in [-0.15, -0.1) is 0 Å². The molecule has 1 aromatic heterocycles. The number of aromatic nitrogens is 1. The Morgan fingerprint density at radius 3 is 2.86 bits per heavy atom. The van der Waals surface area contributed by atoms with Gasteiger partial charge in [0.2, 0.25) is 5.91 Å². The van der Waals surface area contributed by atoms with Gasteiger partial charge in [0.1, 0.15) is 0 Å². The van der Waals surface area contributed by atoms with Crippen LogP contribution in [-0.2, 0) is 17.8 Å². The molecule has 1 aromatic carbocycles. The van der Waals surface area contributed by atoms with E-state index in [4.69, 9.17) is 11.6 Å². The molecule has 2 heterocycles. The third kappa shape index (κ3) is 2.91. The van der Waals surface area contributed by atoms with Gasteiger partial charge in [-0.25, -0.2) is 4.98 Å². The molecule has 3 rings (SSSR count). The van der Waals surface area contributed by atoms with Crippen molar-refractivity contribution in [3.63, 3.8) is 0 Å². The Morgan fingerprint density at radius 2 is 2.10 bits per heavy atom. The molecular weight excluding hydrogens is 286 g/mol. The maximum atomic E-state index is 12.4. The lowest BCUT2D eigenvalue weighted by Gasteiger charge is -2.25. The summed E-state index contributed by atoms with van der Waals surface area (Å²) in [6.07, 6.45) is 2.31. The Balaban J connectivity index is 1.76. The van der Waals surface area contributed by atoms with Crippen LogP contribution >= 0.6 is 11.6 Å². The van der Waals surface area contributed by atoms with Gasteiger partial charge >= 0.3 is 0 Å². The van der Waals surface area contributed by atoms with E-state index in [-0.39, 0.29) is 11.9 Å². The number of anilines is 1. The second kappa shape index (κ2) is 5.84. The standard InChI is InChI=1S/C16H16ClN3O/c1-10-6-7-18-15(17)14(10)20-16(21)13-8-11-4-2-3-5-12(11)9-19-13/h2-7,13,19H,8-9H2,1H3,(H,20,21). The van der Waals surface area contributed by atoms with E-state index in [2.05, 4.69) is 27.8 Å². The Kier molecular flexibility index (Phi) is 3.90. The molecule has 0 radical (unpaired) electrons. The first-order valence-electron chi connectivity index (χ1n) is 6.87. The van der Waals surface area contributed by atoms with Crippen molar-refractivity contribution >= 4 is 23.2 Å². The molecule has 1 aliphatic rings. The van der Waals surface area contributed by atoms with E-state index in [1.165, 1.54) is 11.1 Å². The van der Waals surface area contributed by atoms with Crippen LogP contribution in [0.5, 0.6) is 0 Å². The van der Waals surface area contributed by atoms with E-state index in [0.29, 0.717) is 23.8 Å². The summed E-state index contributed by atoms with van der Waals surface area (Å²) in [6, 6.07) is 9.74. The topological polar surface area (TPSA) is 54.0 Å². The first-order chi connectivity index (χ1) is 10.1. The van der Waals surface area contributed by atoms with Crippen LogP contribution in [0, 0.1) is 6.92 Å². The fourth-order valence-electron chi connectivity index (χ4n) is 2.53. The van der Waals surface area contributed by atoms with Gasteiger partial charge in [0.05, 0.1) is 11.7 Å². The molecule has 1 amide bonds. The Labute approximate surface area is 128 Å². The van der Waals surface area contributed by atoms with Gasteiger partial charge in [-0.3, -0.25) is 4.79 Å². The quantitative estimate of drug-likeness (QED) is 0.839. The normalized spacial score (nSPS) is 17.1. The minimum Gasteiger partial charge on any atom is -0.322 e. The highest BCUT2D eigenvalue weighted by Crippen LogP contribution is 2.24. The second-order valence-electron chi connectivity index (χ2n) is 5.19. The highest BCUT2D eigenvalue weighted by atomic mass is 35.5. The lowest BCUT2D eigenvalue weighted by molar-refractivity contribution is -0.118. The number of benzene rings is 1. The van der Waals surface area contributed by atoms with Crippen molar-refractivity contribution in [3.05, 3.63) is 58.4 Å². The number of amides is 1. The van der Waals surface area contributed by atoms with Crippen LogP contribution in [-0.4, -0.2) is 16.9 Å². The number of nitrogens with one attached hydrogen (secondary N) is 2. The van der Waals surface area contributed by atoms with Crippen LogP contribution in [0.25, 0.3) is 0 Å². The number of carbonyl (C=O) groups is 1. The molecule has 0 fully saturated rings. The van der Waals surface area contributed by atoms with Gasteiger partial charge in [0.15, 0.2) is 5.15 Å². The van der Waals surface area contributed by atoms with Crippen LogP contribution in [0.4, 0.5) is 5.69 Å². The molecule has 0 aliphatic carbocycles. The third-order valence-corrected chi connectivity index (χ3v) is 4.05. The smallest absolute Gasteiger partial charge is 0.241 e. The monoisotopic (exact) mass is 301 g/mol. The van der Waals surface area contributed by atoms with E-state index in [1.54, 1.807) is 6.20 Å². The highest BCUT2D eigenvalue weighted by Gasteiger charge is 2.24. The van der Waals surface area contributed by atoms with Gasteiger partial charge in [0.25, 0.3) is 0 Å². The molecule has 108 valence electrons. The summed E-state index contributed by atoms with van der Waals surface area (Å²) >= 11 is 6.05. The summed E-state index contributed by atoms with van der Waals surface area (Å²) in [6.45, 7) is 2.60. The minimum absolute atomic E-state index is 0.0810. The first-order valence-corrected chi connectivity index (χ1v) is 7.25. The number of pyridine rings is 1. The first kappa shape index (κ1) is 14.0. The summed E-state index contributed by atoms with van der Waals surface area (Å²) in [5.41, 5.74) is 3.95. The van der Waals surface area contributed by atoms with Crippen LogP contribution < -0.4 is 10.6 Å². The van der Waals surface area contributed by atoms with Crippen molar-refractivity contribution in [1.29, 1.82) is 0 Å². The van der Waals surface area contributed by atoms with Crippen LogP contribution in [0.3, 0.4) is 0 Å². The summed E-state index contributed by atoms with van der Waals surface area (Å²) < 4.78 is 0. The summed E-state index contributed by atoms with van der Waals surface area (Å²) in [5.74, 6) is -0.0810. The zero-order valence-corrected chi connectivity index (χ0v) is 12.4. The lowest BCUT2D eigenvalue weighted by Crippen LogP contribution is -2.44. The molecule has 0 saturated heterocycles. The number of halogens is 1. The number of hydrogen-bond donors (Lipinski definition) is 2. The van der Waals surface area contributed by atoms with Crippen LogP contribution in [0.15, 0.2) is 36.5 Å². The fourth-order valence-corrected chi connectivity index (χ4v) is 2.78. The summed E-state index contributed by atoms with van der Waals surface area (Å²) in [4.78, 5) is 16.4. The fraction of sp³-hybridized carbons (Fsp3) is 0.250. The SMILES string of the molecule is Cc1ccnc(Cl)c1NC(=O)C1Cc2ccccc2CN1. The predicted molar refractivity (Wildman–Crippen MR) is 83.4 cm³/mol. The Bertz CT molecular complexity index is 667. The van der Waals surface area contributed by atoms with E-state index < -0.39 is 0 Å². The summed E-state index contributed by atoms with van der Waals surface area (Å²) in [5, 5.41) is 6.46. The average molecular weight is 302 g/mol. The molecule has 0 bridgehead atoms. The molecule has 1 unspecified atom stereocenters. The molecule has 0 saturated carbocycles. The molecule has 2 aromatic rings. The van der Waals surface area contributed by atoms with Gasteiger partial charge in [-0.05, 0) is 36.1 Å². The van der Waals surface area contributed by atoms with Crippen molar-refractivity contribution < 1.29 is 4.79 Å². The molecule has 4 nitrogen and oxygen atoms in total. The maximum absolute atomic E-state index is 12.4. The van der Waals surface area contributed by atoms with E-state index in [1.807, 2.05) is 25.1 Å². The van der Waals surface area contributed by atoms with E-state index >= 15 is 0 Å². The van der Waals surface area contributed by atoms with Gasteiger partial charge in [0, 0.05) is 12.7 Å². The molecular formula is C16H16ClN3O. The number of fused-ring (bicyclic) bond motifs is 1. The zero-order chi connectivity index (χ0) is 14.8. The molecule has 0 spiro atoms. The number of carbonyl (C=O) groups excluding carboxylic acids is 1. The number of hydrogen-bond acceptors (Lipinski definition) is 3. The Hall–Kier alpha value is -1.91. The third-order valence-electron chi connectivity index (χ3n) is 3.76. The molecule has 5 heteroatoms. The molecule has 2 N–H and O–H groups in total. The molecule has 1 atom stereocenters. The Morgan fingerprint density at radius 1 is 1.33 bits per heavy atom. The van der Waals surface area contributed by atoms with Gasteiger partial charge in [-0.2, -0.15) is 0 Å². The largest absolute Gasteiger partial charge is 0.322 e. The number of aryl methyl sites for hydroxylation is 1. The van der Waals surface area contributed by atoms with E-state index in [9.17, 15) is 4.79 Å². The minimum atomic E-state index is -0.254. The molecule has 1 aliphatic heterocycles. The average Bonchev–Trinajstić information content (AvgIpc) is 2.50. The van der Waals surface area contributed by atoms with Crippen molar-refractivity contribution in [2.24, 2.45) is 0 Å². The summed E-state index contributed by atoms with van der Waals surface area (Å²) in [7, 11) is 0. The molecule has 21 heavy (non-hydrogen) atoms. The second-order valence-corrected chi connectivity index (χ2v) is 5.55. The maximum Gasteiger partial charge on any atom is 0.241 e. The van der Waals surface area contributed by atoms with Gasteiger partial charge in [-0.1, -0.05) is 35.9 Å². The lowest BCUT2D eigenvalue weighted by atomic mass is 9.95. The number of nitrogens with zero attached hydrogens (tertiary/aromatic N) is 1. The van der Waals surface area contributed by atoms with Crippen LogP contribution in [0.1, 0.15) is 16.7 Å². The van der Waals surface area contributed by atoms with Crippen molar-refractivity contribution in [1.82, 2.24) is 10.3 Å². The van der Waals surface area contributed by atoms with Gasteiger partial charge < -0.3 is 10.6 Å². The van der Waals surface area contributed by atoms with Crippen molar-refractivity contribution in [2.45, 2.75) is 25.9 Å². The van der Waals surface area contributed by atoms with Crippen LogP contribution in [0.2, 0.25) is 5.15 Å². The zero-order valence-electron chi connectivity index (χ0n) is 11.7. The van der Waals surface area contributed by atoms with E-state index in [0.717, 1.165) is 5.56 Å². The predicted octanol–water partition coefficient (Wildman–Crippen LogP) is 2.70. The number of rotatable bonds is 2. The van der Waals surface area contributed by atoms with Crippen molar-refractivity contribution in [2.75, 3.05) is 5.32 Å².